The Morgan fingerprint density at radius 3 is 2.65 bits per heavy atom. The van der Waals surface area contributed by atoms with E-state index in [2.05, 4.69) is 11.2 Å². The van der Waals surface area contributed by atoms with Crippen LogP contribution >= 0.6 is 11.8 Å². The summed E-state index contributed by atoms with van der Waals surface area (Å²) in [4.78, 5) is 1.88. The number of rotatable bonds is 5. The van der Waals surface area contributed by atoms with Gasteiger partial charge in [0.05, 0.1) is 12.0 Å². The first-order valence-corrected chi connectivity index (χ1v) is 8.25. The fourth-order valence-electron chi connectivity index (χ4n) is 2.44. The van der Waals surface area contributed by atoms with Crippen molar-refractivity contribution in [3.05, 3.63) is 23.7 Å². The molecule has 23 heavy (non-hydrogen) atoms. The number of hydrogen-bond acceptors (Lipinski definition) is 4. The topological polar surface area (TPSA) is 44.9 Å². The molecule has 0 amide bonds. The molecule has 1 aromatic rings. The minimum Gasteiger partial charge on any atom is -0.375 e. The molecule has 1 fully saturated rings. The van der Waals surface area contributed by atoms with Crippen molar-refractivity contribution in [3.8, 4) is 6.07 Å². The summed E-state index contributed by atoms with van der Waals surface area (Å²) < 4.78 is 51.8. The lowest BCUT2D eigenvalue weighted by Gasteiger charge is -2.34. The third-order valence-corrected chi connectivity index (χ3v) is 4.79. The van der Waals surface area contributed by atoms with Crippen molar-refractivity contribution in [1.82, 2.24) is 14.7 Å². The second kappa shape index (κ2) is 7.73. The standard InChI is InChI=1S/C14H16F4N4S/c1-23-12-8-21(3-2-9(12)7-19)4-5-22-11(14(17)18)6-10(20-22)13(15)16/h4-6,9,12-14H,2-3,8H2,1H3. The number of thioether (sulfide) groups is 1. The quantitative estimate of drug-likeness (QED) is 0.760. The van der Waals surface area contributed by atoms with Crippen LogP contribution in [0.4, 0.5) is 17.6 Å². The Bertz CT molecular complexity index is 596. The Morgan fingerprint density at radius 2 is 2.09 bits per heavy atom. The lowest BCUT2D eigenvalue weighted by Crippen LogP contribution is -2.38. The lowest BCUT2D eigenvalue weighted by atomic mass is 9.98. The number of piperidine rings is 1. The summed E-state index contributed by atoms with van der Waals surface area (Å²) >= 11 is 1.58. The summed E-state index contributed by atoms with van der Waals surface area (Å²) in [5.74, 6) is -0.0404. The van der Waals surface area contributed by atoms with Crippen molar-refractivity contribution < 1.29 is 17.6 Å². The third-order valence-electron chi connectivity index (χ3n) is 3.71. The fourth-order valence-corrected chi connectivity index (χ4v) is 3.30. The minimum absolute atomic E-state index is 0.0404. The number of halogens is 4. The van der Waals surface area contributed by atoms with Gasteiger partial charge in [-0.1, -0.05) is 0 Å². The van der Waals surface area contributed by atoms with Crippen LogP contribution in [0.5, 0.6) is 0 Å². The van der Waals surface area contributed by atoms with Gasteiger partial charge in [-0.05, 0) is 18.7 Å². The molecule has 1 saturated heterocycles. The van der Waals surface area contributed by atoms with Crippen molar-refractivity contribution in [2.24, 2.45) is 5.92 Å². The third kappa shape index (κ3) is 4.19. The Morgan fingerprint density at radius 1 is 1.35 bits per heavy atom. The maximum atomic E-state index is 12.9. The van der Waals surface area contributed by atoms with E-state index in [0.717, 1.165) is 4.68 Å². The molecule has 1 aliphatic heterocycles. The molecule has 2 rings (SSSR count). The number of hydrogen-bond donors (Lipinski definition) is 0. The molecule has 126 valence electrons. The highest BCUT2D eigenvalue weighted by molar-refractivity contribution is 7.99. The SMILES string of the molecule is CSC1CN(C=Cn2nc(C(F)F)cc2C(F)F)CCC1C#N. The Labute approximate surface area is 135 Å². The van der Waals surface area contributed by atoms with E-state index in [-0.39, 0.29) is 11.2 Å². The molecule has 0 spiro atoms. The summed E-state index contributed by atoms with van der Waals surface area (Å²) in [7, 11) is 0. The summed E-state index contributed by atoms with van der Waals surface area (Å²) in [6.45, 7) is 1.21. The van der Waals surface area contributed by atoms with Crippen LogP contribution in [0.25, 0.3) is 6.20 Å². The van der Waals surface area contributed by atoms with Gasteiger partial charge in [0.2, 0.25) is 0 Å². The molecule has 0 aliphatic carbocycles. The van der Waals surface area contributed by atoms with Crippen molar-refractivity contribution in [3.63, 3.8) is 0 Å². The first-order valence-electron chi connectivity index (χ1n) is 6.96. The molecule has 1 aliphatic rings. The molecule has 2 unspecified atom stereocenters. The lowest BCUT2D eigenvalue weighted by molar-refractivity contribution is 0.143. The molecule has 0 bridgehead atoms. The number of nitrogens with zero attached hydrogens (tertiary/aromatic N) is 4. The molecule has 0 radical (unpaired) electrons. The van der Waals surface area contributed by atoms with Crippen molar-refractivity contribution in [2.45, 2.75) is 24.5 Å². The van der Waals surface area contributed by atoms with Gasteiger partial charge in [-0.3, -0.25) is 0 Å². The van der Waals surface area contributed by atoms with Crippen LogP contribution in [0.2, 0.25) is 0 Å². The summed E-state index contributed by atoms with van der Waals surface area (Å²) in [5, 5.41) is 12.7. The second-order valence-electron chi connectivity index (χ2n) is 5.13. The first kappa shape index (κ1) is 17.7. The Hall–Kier alpha value is -1.69. The molecular formula is C14H16F4N4S. The van der Waals surface area contributed by atoms with Gasteiger partial charge in [0.1, 0.15) is 11.4 Å². The molecule has 0 aromatic carbocycles. The van der Waals surface area contributed by atoms with Gasteiger partial charge in [-0.25, -0.2) is 22.2 Å². The summed E-state index contributed by atoms with van der Waals surface area (Å²) in [6, 6.07) is 2.98. The van der Waals surface area contributed by atoms with E-state index in [1.54, 1.807) is 18.0 Å². The van der Waals surface area contributed by atoms with E-state index in [9.17, 15) is 17.6 Å². The van der Waals surface area contributed by atoms with Crippen molar-refractivity contribution in [2.75, 3.05) is 19.3 Å². The Balaban J connectivity index is 2.12. The van der Waals surface area contributed by atoms with E-state index in [4.69, 9.17) is 5.26 Å². The average molecular weight is 348 g/mol. The highest BCUT2D eigenvalue weighted by atomic mass is 32.2. The molecule has 2 heterocycles. The number of aromatic nitrogens is 2. The van der Waals surface area contributed by atoms with E-state index >= 15 is 0 Å². The molecule has 1 aromatic heterocycles. The zero-order valence-corrected chi connectivity index (χ0v) is 13.2. The van der Waals surface area contributed by atoms with E-state index in [1.165, 1.54) is 6.20 Å². The van der Waals surface area contributed by atoms with E-state index < -0.39 is 24.2 Å². The molecule has 9 heteroatoms. The average Bonchev–Trinajstić information content (AvgIpc) is 2.97. The highest BCUT2D eigenvalue weighted by Crippen LogP contribution is 2.27. The minimum atomic E-state index is -2.89. The molecule has 2 atom stereocenters. The molecular weight excluding hydrogens is 332 g/mol. The molecule has 4 nitrogen and oxygen atoms in total. The van der Waals surface area contributed by atoms with Gasteiger partial charge in [-0.2, -0.15) is 22.1 Å². The predicted molar refractivity (Wildman–Crippen MR) is 80.1 cm³/mol. The maximum absolute atomic E-state index is 12.9. The molecule has 0 N–H and O–H groups in total. The maximum Gasteiger partial charge on any atom is 0.282 e. The first-order chi connectivity index (χ1) is 11.0. The summed E-state index contributed by atoms with van der Waals surface area (Å²) in [5.41, 5.74) is -1.24. The van der Waals surface area contributed by atoms with Gasteiger partial charge in [0.15, 0.2) is 0 Å². The van der Waals surface area contributed by atoms with Gasteiger partial charge in [-0.15, -0.1) is 0 Å². The van der Waals surface area contributed by atoms with Gasteiger partial charge in [0.25, 0.3) is 12.9 Å². The van der Waals surface area contributed by atoms with Crippen molar-refractivity contribution in [1.29, 1.82) is 5.26 Å². The highest BCUT2D eigenvalue weighted by Gasteiger charge is 2.27. The Kier molecular flexibility index (Phi) is 5.93. The largest absolute Gasteiger partial charge is 0.375 e. The summed E-state index contributed by atoms with van der Waals surface area (Å²) in [6.07, 6.45) is -0.366. The van der Waals surface area contributed by atoms with Crippen LogP contribution in [0.15, 0.2) is 12.3 Å². The van der Waals surface area contributed by atoms with Crippen LogP contribution in [0.1, 0.15) is 30.7 Å². The van der Waals surface area contributed by atoms with E-state index in [0.29, 0.717) is 25.6 Å². The van der Waals surface area contributed by atoms with Gasteiger partial charge < -0.3 is 4.90 Å². The molecule has 0 saturated carbocycles. The number of likely N-dealkylation sites (tertiary alicyclic amines) is 1. The number of alkyl halides is 4. The van der Waals surface area contributed by atoms with Crippen LogP contribution in [0.3, 0.4) is 0 Å². The zero-order valence-electron chi connectivity index (χ0n) is 12.4. The van der Waals surface area contributed by atoms with Crippen molar-refractivity contribution >= 4 is 18.0 Å². The second-order valence-corrected chi connectivity index (χ2v) is 6.21. The van der Waals surface area contributed by atoms with Gasteiger partial charge in [0, 0.05) is 30.7 Å². The van der Waals surface area contributed by atoms with Crippen LogP contribution in [-0.2, 0) is 0 Å². The fraction of sp³-hybridized carbons (Fsp3) is 0.571. The monoisotopic (exact) mass is 348 g/mol. The van der Waals surface area contributed by atoms with Crippen LogP contribution in [-0.4, -0.2) is 39.3 Å². The smallest absolute Gasteiger partial charge is 0.282 e. The zero-order chi connectivity index (χ0) is 17.0. The van der Waals surface area contributed by atoms with Crippen LogP contribution < -0.4 is 0 Å². The normalized spacial score (nSPS) is 22.3. The van der Waals surface area contributed by atoms with Gasteiger partial charge >= 0.3 is 0 Å². The van der Waals surface area contributed by atoms with E-state index in [1.807, 2.05) is 11.2 Å². The number of nitriles is 1. The predicted octanol–water partition coefficient (Wildman–Crippen LogP) is 3.76. The van der Waals surface area contributed by atoms with Crippen LogP contribution in [0, 0.1) is 17.2 Å².